The molecule has 0 aromatic heterocycles. The molecule has 1 heterocycles. The zero-order valence-electron chi connectivity index (χ0n) is 20.4. The molecule has 38 heavy (non-hydrogen) atoms. The fraction of sp³-hybridized carbons (Fsp3) is 0.276. The zero-order valence-corrected chi connectivity index (χ0v) is 20.4. The lowest BCUT2D eigenvalue weighted by molar-refractivity contribution is -0.143. The SMILES string of the molecule is O=C(NCCc1cc(C(F)(F)F)cc(C(F)(F)F)c1)C1=C(c2ccccc2)CN(Cc2ccccc2)CC1. The Morgan fingerprint density at radius 1 is 0.789 bits per heavy atom. The molecule has 0 bridgehead atoms. The third kappa shape index (κ3) is 7.04. The van der Waals surface area contributed by atoms with E-state index in [1.165, 1.54) is 0 Å². The quantitative estimate of drug-likeness (QED) is 0.342. The predicted octanol–water partition coefficient (Wildman–Crippen LogP) is 6.74. The molecule has 3 aromatic rings. The van der Waals surface area contributed by atoms with Gasteiger partial charge in [0.05, 0.1) is 11.1 Å². The Morgan fingerprint density at radius 3 is 1.95 bits per heavy atom. The third-order valence-electron chi connectivity index (χ3n) is 6.42. The lowest BCUT2D eigenvalue weighted by Gasteiger charge is -2.31. The molecule has 200 valence electrons. The average Bonchev–Trinajstić information content (AvgIpc) is 2.88. The summed E-state index contributed by atoms with van der Waals surface area (Å²) in [6.45, 7) is 1.78. The van der Waals surface area contributed by atoms with Crippen molar-refractivity contribution in [3.8, 4) is 0 Å². The van der Waals surface area contributed by atoms with Gasteiger partial charge in [-0.25, -0.2) is 0 Å². The van der Waals surface area contributed by atoms with Gasteiger partial charge in [0.1, 0.15) is 0 Å². The monoisotopic (exact) mass is 532 g/mol. The lowest BCUT2D eigenvalue weighted by atomic mass is 9.93. The molecule has 0 fully saturated rings. The molecule has 0 spiro atoms. The number of benzene rings is 3. The molecule has 0 saturated carbocycles. The molecule has 4 rings (SSSR count). The fourth-order valence-corrected chi connectivity index (χ4v) is 4.54. The molecule has 1 amide bonds. The van der Waals surface area contributed by atoms with Crippen molar-refractivity contribution in [2.75, 3.05) is 19.6 Å². The second-order valence-corrected chi connectivity index (χ2v) is 9.19. The summed E-state index contributed by atoms with van der Waals surface area (Å²) in [4.78, 5) is 15.4. The van der Waals surface area contributed by atoms with Gasteiger partial charge in [0.25, 0.3) is 0 Å². The number of nitrogens with one attached hydrogen (secondary N) is 1. The molecule has 0 atom stereocenters. The first-order valence-corrected chi connectivity index (χ1v) is 12.1. The molecule has 0 saturated heterocycles. The molecule has 1 N–H and O–H groups in total. The van der Waals surface area contributed by atoms with E-state index in [0.717, 1.165) is 16.7 Å². The minimum absolute atomic E-state index is 0.0995. The van der Waals surface area contributed by atoms with Crippen LogP contribution in [-0.2, 0) is 30.1 Å². The van der Waals surface area contributed by atoms with Gasteiger partial charge >= 0.3 is 12.4 Å². The molecule has 0 unspecified atom stereocenters. The molecule has 1 aliphatic heterocycles. The molecule has 9 heteroatoms. The second kappa shape index (κ2) is 11.4. The number of carbonyl (C=O) groups is 1. The van der Waals surface area contributed by atoms with Crippen molar-refractivity contribution in [1.82, 2.24) is 10.2 Å². The van der Waals surface area contributed by atoms with Gasteiger partial charge in [-0.2, -0.15) is 26.3 Å². The molecule has 1 aliphatic rings. The minimum atomic E-state index is -4.91. The predicted molar refractivity (Wildman–Crippen MR) is 133 cm³/mol. The molecule has 3 aromatic carbocycles. The molecule has 0 aliphatic carbocycles. The zero-order chi connectivity index (χ0) is 27.3. The number of hydrogen-bond donors (Lipinski definition) is 1. The first-order chi connectivity index (χ1) is 18.0. The minimum Gasteiger partial charge on any atom is -0.352 e. The van der Waals surface area contributed by atoms with E-state index in [0.29, 0.717) is 43.8 Å². The average molecular weight is 533 g/mol. The first-order valence-electron chi connectivity index (χ1n) is 12.1. The van der Waals surface area contributed by atoms with Crippen LogP contribution in [0.15, 0.2) is 84.4 Å². The van der Waals surface area contributed by atoms with Crippen LogP contribution in [-0.4, -0.2) is 30.4 Å². The van der Waals surface area contributed by atoms with Gasteiger partial charge in [0.2, 0.25) is 5.91 Å². The Bertz CT molecular complexity index is 1250. The van der Waals surface area contributed by atoms with Crippen molar-refractivity contribution in [3.05, 3.63) is 112 Å². The van der Waals surface area contributed by atoms with E-state index in [1.807, 2.05) is 60.7 Å². The Kier molecular flexibility index (Phi) is 8.26. The Labute approximate surface area is 216 Å². The van der Waals surface area contributed by atoms with E-state index in [1.54, 1.807) is 0 Å². The Balaban J connectivity index is 1.50. The van der Waals surface area contributed by atoms with Gasteiger partial charge < -0.3 is 5.32 Å². The first kappa shape index (κ1) is 27.4. The number of carbonyl (C=O) groups excluding carboxylic acids is 1. The van der Waals surface area contributed by atoms with Crippen molar-refractivity contribution in [3.63, 3.8) is 0 Å². The number of rotatable bonds is 7. The molecule has 0 radical (unpaired) electrons. The van der Waals surface area contributed by atoms with Gasteiger partial charge in [-0.05, 0) is 53.3 Å². The topological polar surface area (TPSA) is 32.3 Å². The number of nitrogens with zero attached hydrogens (tertiary/aromatic N) is 1. The van der Waals surface area contributed by atoms with Crippen molar-refractivity contribution >= 4 is 11.5 Å². The van der Waals surface area contributed by atoms with Crippen LogP contribution < -0.4 is 5.32 Å². The normalized spacial score (nSPS) is 15.0. The lowest BCUT2D eigenvalue weighted by Crippen LogP contribution is -2.36. The smallest absolute Gasteiger partial charge is 0.352 e. The second-order valence-electron chi connectivity index (χ2n) is 9.19. The summed E-state index contributed by atoms with van der Waals surface area (Å²) in [7, 11) is 0. The van der Waals surface area contributed by atoms with Gasteiger partial charge in [-0.3, -0.25) is 9.69 Å². The summed E-state index contributed by atoms with van der Waals surface area (Å²) in [5.41, 5.74) is 0.573. The summed E-state index contributed by atoms with van der Waals surface area (Å²) in [6.07, 6.45) is -9.54. The maximum Gasteiger partial charge on any atom is 0.416 e. The van der Waals surface area contributed by atoms with Crippen molar-refractivity contribution in [2.24, 2.45) is 0 Å². The summed E-state index contributed by atoms with van der Waals surface area (Å²) in [5.74, 6) is -0.369. The van der Waals surface area contributed by atoms with Crippen molar-refractivity contribution in [1.29, 1.82) is 0 Å². The Hall–Kier alpha value is -3.59. The highest BCUT2D eigenvalue weighted by Gasteiger charge is 2.36. The molecular formula is C29H26F6N2O. The largest absolute Gasteiger partial charge is 0.416 e. The number of amides is 1. The number of hydrogen-bond acceptors (Lipinski definition) is 2. The van der Waals surface area contributed by atoms with Gasteiger partial charge in [-0.15, -0.1) is 0 Å². The summed E-state index contributed by atoms with van der Waals surface area (Å²) in [6, 6.07) is 20.9. The summed E-state index contributed by atoms with van der Waals surface area (Å²) >= 11 is 0. The van der Waals surface area contributed by atoms with E-state index in [-0.39, 0.29) is 30.5 Å². The maximum atomic E-state index is 13.2. The van der Waals surface area contributed by atoms with Gasteiger partial charge in [-0.1, -0.05) is 60.7 Å². The van der Waals surface area contributed by atoms with Crippen LogP contribution in [0.4, 0.5) is 26.3 Å². The van der Waals surface area contributed by atoms with E-state index in [2.05, 4.69) is 10.2 Å². The third-order valence-corrected chi connectivity index (χ3v) is 6.42. The van der Waals surface area contributed by atoms with Gasteiger partial charge in [0, 0.05) is 31.8 Å². The van der Waals surface area contributed by atoms with E-state index < -0.39 is 23.5 Å². The molecular weight excluding hydrogens is 506 g/mol. The van der Waals surface area contributed by atoms with Crippen LogP contribution in [0.1, 0.15) is 34.2 Å². The van der Waals surface area contributed by atoms with E-state index in [9.17, 15) is 31.1 Å². The van der Waals surface area contributed by atoms with Crippen LogP contribution in [0.25, 0.3) is 5.57 Å². The van der Waals surface area contributed by atoms with Crippen LogP contribution in [0, 0.1) is 0 Å². The number of halogens is 6. The van der Waals surface area contributed by atoms with E-state index in [4.69, 9.17) is 0 Å². The highest BCUT2D eigenvalue weighted by Crippen LogP contribution is 2.36. The van der Waals surface area contributed by atoms with Crippen LogP contribution in [0.2, 0.25) is 0 Å². The summed E-state index contributed by atoms with van der Waals surface area (Å²) in [5, 5.41) is 2.70. The highest BCUT2D eigenvalue weighted by atomic mass is 19.4. The van der Waals surface area contributed by atoms with Crippen molar-refractivity contribution in [2.45, 2.75) is 31.7 Å². The highest BCUT2D eigenvalue weighted by molar-refractivity contribution is 6.01. The van der Waals surface area contributed by atoms with Gasteiger partial charge in [0.15, 0.2) is 0 Å². The van der Waals surface area contributed by atoms with E-state index >= 15 is 0 Å². The van der Waals surface area contributed by atoms with Crippen LogP contribution in [0.5, 0.6) is 0 Å². The number of alkyl halides is 6. The maximum absolute atomic E-state index is 13.2. The fourth-order valence-electron chi connectivity index (χ4n) is 4.54. The van der Waals surface area contributed by atoms with Crippen molar-refractivity contribution < 1.29 is 31.1 Å². The summed E-state index contributed by atoms with van der Waals surface area (Å²) < 4.78 is 78.9. The molecule has 3 nitrogen and oxygen atoms in total. The van der Waals surface area contributed by atoms with Crippen LogP contribution >= 0.6 is 0 Å². The standard InChI is InChI=1S/C29H26F6N2O/c30-28(31,32)23-15-21(16-24(17-23)29(33,34)35)11-13-36-27(38)25-12-14-37(18-20-7-3-1-4-8-20)19-26(25)22-9-5-2-6-10-22/h1-10,15-17H,11-14,18-19H2,(H,36,38). The Morgan fingerprint density at radius 2 is 1.37 bits per heavy atom. The van der Waals surface area contributed by atoms with Crippen LogP contribution in [0.3, 0.4) is 0 Å².